The number of rotatable bonds is 5. The van der Waals surface area contributed by atoms with E-state index in [4.69, 9.17) is 9.47 Å². The minimum Gasteiger partial charge on any atom is -0.465 e. The third-order valence-corrected chi connectivity index (χ3v) is 5.44. The van der Waals surface area contributed by atoms with Gasteiger partial charge in [0, 0.05) is 10.9 Å². The molecule has 1 fully saturated rings. The SMILES string of the molecule is COC(=O)c1c(-c2ccccc2)csc1NC(=O)C[NH+]1CC(C)OC(C)C1. The second-order valence-electron chi connectivity index (χ2n) is 6.85. The van der Waals surface area contributed by atoms with Gasteiger partial charge in [0.25, 0.3) is 5.91 Å². The van der Waals surface area contributed by atoms with Crippen molar-refractivity contribution in [2.45, 2.75) is 26.1 Å². The maximum atomic E-state index is 12.6. The van der Waals surface area contributed by atoms with Gasteiger partial charge >= 0.3 is 5.97 Å². The quantitative estimate of drug-likeness (QED) is 0.766. The number of nitrogens with one attached hydrogen (secondary N) is 2. The number of thiophene rings is 1. The normalized spacial score (nSPS) is 22.3. The molecule has 7 heteroatoms. The summed E-state index contributed by atoms with van der Waals surface area (Å²) in [6.07, 6.45) is 0.266. The number of esters is 1. The molecular weight excluding hydrogens is 364 g/mol. The van der Waals surface area contributed by atoms with Crippen LogP contribution in [0.1, 0.15) is 24.2 Å². The van der Waals surface area contributed by atoms with Gasteiger partial charge in [0.2, 0.25) is 0 Å². The lowest BCUT2D eigenvalue weighted by Gasteiger charge is -2.31. The van der Waals surface area contributed by atoms with Crippen molar-refractivity contribution in [3.63, 3.8) is 0 Å². The van der Waals surface area contributed by atoms with Crippen LogP contribution in [0.2, 0.25) is 0 Å². The lowest BCUT2D eigenvalue weighted by Crippen LogP contribution is -3.16. The molecule has 2 aromatic rings. The summed E-state index contributed by atoms with van der Waals surface area (Å²) in [7, 11) is 1.35. The molecule has 1 saturated heterocycles. The number of quaternary nitrogens is 1. The van der Waals surface area contributed by atoms with Crippen LogP contribution >= 0.6 is 11.3 Å². The fraction of sp³-hybridized carbons (Fsp3) is 0.400. The number of ether oxygens (including phenoxy) is 2. The lowest BCUT2D eigenvalue weighted by atomic mass is 10.0. The van der Waals surface area contributed by atoms with E-state index < -0.39 is 5.97 Å². The third kappa shape index (κ3) is 4.74. The van der Waals surface area contributed by atoms with Crippen LogP contribution in [0.15, 0.2) is 35.7 Å². The molecule has 0 bridgehead atoms. The highest BCUT2D eigenvalue weighted by Gasteiger charge is 2.28. The average Bonchev–Trinajstić information content (AvgIpc) is 3.04. The minimum atomic E-state index is -0.452. The Morgan fingerprint density at radius 1 is 1.22 bits per heavy atom. The van der Waals surface area contributed by atoms with Crippen LogP contribution in [-0.2, 0) is 14.3 Å². The number of carbonyl (C=O) groups is 2. The van der Waals surface area contributed by atoms with Crippen molar-refractivity contribution in [3.05, 3.63) is 41.3 Å². The van der Waals surface area contributed by atoms with Crippen molar-refractivity contribution in [1.82, 2.24) is 0 Å². The fourth-order valence-corrected chi connectivity index (χ4v) is 4.49. The molecule has 2 atom stereocenters. The number of methoxy groups -OCH3 is 1. The van der Waals surface area contributed by atoms with Crippen LogP contribution < -0.4 is 10.2 Å². The molecule has 0 spiro atoms. The molecule has 1 aromatic heterocycles. The van der Waals surface area contributed by atoms with Crippen molar-refractivity contribution in [2.75, 3.05) is 32.1 Å². The largest absolute Gasteiger partial charge is 0.465 e. The molecule has 2 unspecified atom stereocenters. The average molecular weight is 389 g/mol. The molecule has 0 aliphatic carbocycles. The van der Waals surface area contributed by atoms with Crippen LogP contribution in [0, 0.1) is 0 Å². The van der Waals surface area contributed by atoms with Gasteiger partial charge in [0.1, 0.15) is 35.9 Å². The van der Waals surface area contributed by atoms with E-state index in [2.05, 4.69) is 5.32 Å². The Bertz CT molecular complexity index is 796. The molecule has 27 heavy (non-hydrogen) atoms. The topological polar surface area (TPSA) is 69.1 Å². The van der Waals surface area contributed by atoms with Gasteiger partial charge in [0.15, 0.2) is 6.54 Å². The highest BCUT2D eigenvalue weighted by molar-refractivity contribution is 7.15. The number of anilines is 1. The molecule has 1 aromatic carbocycles. The van der Waals surface area contributed by atoms with E-state index in [0.717, 1.165) is 24.2 Å². The Morgan fingerprint density at radius 2 is 1.89 bits per heavy atom. The number of hydrogen-bond acceptors (Lipinski definition) is 5. The highest BCUT2D eigenvalue weighted by atomic mass is 32.1. The summed E-state index contributed by atoms with van der Waals surface area (Å²) in [5.74, 6) is -0.565. The summed E-state index contributed by atoms with van der Waals surface area (Å²) in [5, 5.41) is 5.32. The van der Waals surface area contributed by atoms with Gasteiger partial charge in [-0.3, -0.25) is 4.79 Å². The van der Waals surface area contributed by atoms with Gasteiger partial charge < -0.3 is 19.7 Å². The van der Waals surface area contributed by atoms with Gasteiger partial charge in [0.05, 0.1) is 7.11 Å². The summed E-state index contributed by atoms with van der Waals surface area (Å²) in [6, 6.07) is 9.61. The molecule has 3 rings (SSSR count). The number of amides is 1. The van der Waals surface area contributed by atoms with Crippen LogP contribution in [0.3, 0.4) is 0 Å². The van der Waals surface area contributed by atoms with Crippen LogP contribution in [0.4, 0.5) is 5.00 Å². The summed E-state index contributed by atoms with van der Waals surface area (Å²) in [4.78, 5) is 26.1. The molecule has 0 radical (unpaired) electrons. The molecular formula is C20H25N2O4S+. The van der Waals surface area contributed by atoms with E-state index in [9.17, 15) is 9.59 Å². The Hall–Kier alpha value is -2.22. The molecule has 2 heterocycles. The molecule has 2 N–H and O–H groups in total. The zero-order valence-corrected chi connectivity index (χ0v) is 16.6. The van der Waals surface area contributed by atoms with E-state index >= 15 is 0 Å². The van der Waals surface area contributed by atoms with E-state index in [-0.39, 0.29) is 18.1 Å². The fourth-order valence-electron chi connectivity index (χ4n) is 3.52. The first-order valence-electron chi connectivity index (χ1n) is 9.02. The first kappa shape index (κ1) is 19.5. The molecule has 6 nitrogen and oxygen atoms in total. The van der Waals surface area contributed by atoms with Crippen molar-refractivity contribution < 1.29 is 24.0 Å². The number of hydrogen-bond donors (Lipinski definition) is 2. The maximum Gasteiger partial charge on any atom is 0.341 e. The number of morpholine rings is 1. The number of benzene rings is 1. The molecule has 0 saturated carbocycles. The van der Waals surface area contributed by atoms with Crippen molar-refractivity contribution in [2.24, 2.45) is 0 Å². The lowest BCUT2D eigenvalue weighted by molar-refractivity contribution is -0.907. The monoisotopic (exact) mass is 389 g/mol. The molecule has 144 valence electrons. The highest BCUT2D eigenvalue weighted by Crippen LogP contribution is 2.36. The van der Waals surface area contributed by atoms with Gasteiger partial charge in [-0.15, -0.1) is 11.3 Å². The van der Waals surface area contributed by atoms with Crippen molar-refractivity contribution in [3.8, 4) is 11.1 Å². The Morgan fingerprint density at radius 3 is 2.52 bits per heavy atom. The maximum absolute atomic E-state index is 12.6. The first-order chi connectivity index (χ1) is 13.0. The van der Waals surface area contributed by atoms with Crippen LogP contribution in [0.25, 0.3) is 11.1 Å². The summed E-state index contributed by atoms with van der Waals surface area (Å²) in [6.45, 7) is 5.97. The Kier molecular flexibility index (Phi) is 6.26. The summed E-state index contributed by atoms with van der Waals surface area (Å²) < 4.78 is 10.7. The van der Waals surface area contributed by atoms with Crippen LogP contribution in [-0.4, -0.2) is 50.8 Å². The second-order valence-corrected chi connectivity index (χ2v) is 7.73. The molecule has 1 amide bonds. The second kappa shape index (κ2) is 8.65. The Balaban J connectivity index is 1.77. The van der Waals surface area contributed by atoms with Gasteiger partial charge in [-0.05, 0) is 19.4 Å². The number of carbonyl (C=O) groups excluding carboxylic acids is 2. The van der Waals surface area contributed by atoms with E-state index in [1.807, 2.05) is 49.6 Å². The standard InChI is InChI=1S/C20H24N2O4S/c1-13-9-22(10-14(2)26-13)11-17(23)21-19-18(20(24)25-3)16(12-27-19)15-7-5-4-6-8-15/h4-8,12-14H,9-11H2,1-3H3,(H,21,23)/p+1. The molecule has 1 aliphatic heterocycles. The minimum absolute atomic E-state index is 0.113. The zero-order chi connectivity index (χ0) is 19.4. The summed E-state index contributed by atoms with van der Waals surface area (Å²) >= 11 is 1.34. The predicted octanol–water partition coefficient (Wildman–Crippen LogP) is 1.83. The van der Waals surface area contributed by atoms with Gasteiger partial charge in [-0.2, -0.15) is 0 Å². The first-order valence-corrected chi connectivity index (χ1v) is 9.90. The Labute approximate surface area is 163 Å². The van der Waals surface area contributed by atoms with E-state index in [1.165, 1.54) is 23.3 Å². The summed E-state index contributed by atoms with van der Waals surface area (Å²) in [5.41, 5.74) is 2.08. The van der Waals surface area contributed by atoms with Crippen molar-refractivity contribution >= 4 is 28.2 Å². The smallest absolute Gasteiger partial charge is 0.341 e. The van der Waals surface area contributed by atoms with Gasteiger partial charge in [-0.25, -0.2) is 4.79 Å². The van der Waals surface area contributed by atoms with Crippen molar-refractivity contribution in [1.29, 1.82) is 0 Å². The zero-order valence-electron chi connectivity index (χ0n) is 15.8. The third-order valence-electron chi connectivity index (χ3n) is 4.55. The van der Waals surface area contributed by atoms with Crippen LogP contribution in [0.5, 0.6) is 0 Å². The predicted molar refractivity (Wildman–Crippen MR) is 105 cm³/mol. The van der Waals surface area contributed by atoms with Gasteiger partial charge in [-0.1, -0.05) is 30.3 Å². The van der Waals surface area contributed by atoms with E-state index in [0.29, 0.717) is 17.1 Å². The van der Waals surface area contributed by atoms with E-state index in [1.54, 1.807) is 0 Å². The molecule has 1 aliphatic rings.